The quantitative estimate of drug-likeness (QED) is 0.116. The number of amides is 1. The summed E-state index contributed by atoms with van der Waals surface area (Å²) >= 11 is 0.569. The Bertz CT molecular complexity index is 1480. The summed E-state index contributed by atoms with van der Waals surface area (Å²) in [5.74, 6) is 1.21. The van der Waals surface area contributed by atoms with Crippen molar-refractivity contribution < 1.29 is 56.7 Å². The van der Waals surface area contributed by atoms with E-state index in [1.54, 1.807) is 39.7 Å². The number of hydrogen-bond acceptors (Lipinski definition) is 8. The summed E-state index contributed by atoms with van der Waals surface area (Å²) in [5.41, 5.74) is 5.27. The zero-order chi connectivity index (χ0) is 30.1. The monoisotopic (exact) mass is 796 g/mol. The van der Waals surface area contributed by atoms with Crippen LogP contribution in [0.4, 0.5) is 11.4 Å². The fourth-order valence-electron chi connectivity index (χ4n) is 4.54. The van der Waals surface area contributed by atoms with Gasteiger partial charge in [-0.25, -0.2) is 0 Å². The Labute approximate surface area is 268 Å². The van der Waals surface area contributed by atoms with E-state index in [0.717, 1.165) is 54.5 Å². The number of alkyl halides is 4. The second kappa shape index (κ2) is 15.6. The van der Waals surface area contributed by atoms with Crippen molar-refractivity contribution in [1.82, 2.24) is 25.6 Å². The smallest absolute Gasteiger partial charge is 0.0284 e. The van der Waals surface area contributed by atoms with E-state index in [4.69, 9.17) is 14.5 Å². The SMILES string of the molecule is CNC(=O)c1cc(-c2cnc3ccc(N(CCNC(C)CC([I-]C)[I-]C)c4cc(OC)cc(OC)c4)cc3n2)ccn1. The predicted molar refractivity (Wildman–Crippen MR) is 160 cm³/mol. The molecule has 1 atom stereocenters. The number of carbonyl (C=O) groups excluding carboxylic acids is 1. The van der Waals surface area contributed by atoms with E-state index in [1.165, 1.54) is 6.42 Å². The van der Waals surface area contributed by atoms with Gasteiger partial charge in [-0.05, 0) is 12.1 Å². The molecule has 4 rings (SSSR count). The van der Waals surface area contributed by atoms with Gasteiger partial charge in [0.05, 0.1) is 6.20 Å². The molecule has 0 aliphatic heterocycles. The number of halogens is 2. The molecular weight excluding hydrogens is 758 g/mol. The van der Waals surface area contributed by atoms with Crippen LogP contribution in [0.1, 0.15) is 23.8 Å². The van der Waals surface area contributed by atoms with Crippen molar-refractivity contribution in [2.75, 3.05) is 49.1 Å². The molecule has 1 amide bonds. The van der Waals surface area contributed by atoms with Gasteiger partial charge >= 0.3 is 207 Å². The maximum Gasteiger partial charge on any atom is 0.0284 e. The zero-order valence-corrected chi connectivity index (χ0v) is 29.1. The minimum Gasteiger partial charge on any atom is -0.251 e. The Hall–Kier alpha value is -2.78. The molecule has 0 aliphatic carbocycles. The van der Waals surface area contributed by atoms with Crippen LogP contribution < -0.4 is 67.4 Å². The Morgan fingerprint density at radius 2 is 1.69 bits per heavy atom. The fourth-order valence-corrected chi connectivity index (χ4v) is 10.7. The third kappa shape index (κ3) is 8.19. The van der Waals surface area contributed by atoms with Crippen LogP contribution >= 0.6 is 0 Å². The van der Waals surface area contributed by atoms with Crippen LogP contribution in [-0.2, 0) is 0 Å². The number of nitrogens with one attached hydrogen (secondary N) is 2. The van der Waals surface area contributed by atoms with E-state index in [1.807, 2.05) is 30.3 Å². The van der Waals surface area contributed by atoms with Crippen LogP contribution in [0.15, 0.2) is 60.9 Å². The van der Waals surface area contributed by atoms with Gasteiger partial charge in [-0.15, -0.1) is 0 Å². The number of fused-ring (bicyclic) bond motifs is 1. The molecule has 0 radical (unpaired) electrons. The van der Waals surface area contributed by atoms with Crippen LogP contribution in [0.3, 0.4) is 0 Å². The molecular formula is C31H38I2N6O3-2. The van der Waals surface area contributed by atoms with Crippen molar-refractivity contribution in [2.45, 2.75) is 21.3 Å². The second-order valence-corrected chi connectivity index (χ2v) is 17.5. The Kier molecular flexibility index (Phi) is 12.0. The molecule has 0 spiro atoms. The normalized spacial score (nSPS) is 12.1. The van der Waals surface area contributed by atoms with Gasteiger partial charge in [0, 0.05) is 18.8 Å². The van der Waals surface area contributed by atoms with Gasteiger partial charge in [-0.2, -0.15) is 0 Å². The molecule has 0 saturated carbocycles. The molecule has 0 aliphatic rings. The molecule has 2 heterocycles. The van der Waals surface area contributed by atoms with E-state index in [2.05, 4.69) is 54.4 Å². The number of carbonyl (C=O) groups is 1. The van der Waals surface area contributed by atoms with Crippen molar-refractivity contribution in [2.24, 2.45) is 0 Å². The number of methoxy groups -OCH3 is 2. The number of pyridine rings is 1. The number of hydrogen-bond donors (Lipinski definition) is 2. The summed E-state index contributed by atoms with van der Waals surface area (Å²) in [5, 5.41) is 6.38. The Morgan fingerprint density at radius 3 is 2.36 bits per heavy atom. The first-order chi connectivity index (χ1) is 20.4. The predicted octanol–water partition coefficient (Wildman–Crippen LogP) is -1.66. The molecule has 4 aromatic rings. The molecule has 2 aromatic carbocycles. The van der Waals surface area contributed by atoms with Crippen LogP contribution in [0.2, 0.25) is 0 Å². The summed E-state index contributed by atoms with van der Waals surface area (Å²) in [4.78, 5) is 33.0. The molecule has 0 saturated heterocycles. The molecule has 11 heteroatoms. The summed E-state index contributed by atoms with van der Waals surface area (Å²) < 4.78 is 12.1. The van der Waals surface area contributed by atoms with Gasteiger partial charge in [0.1, 0.15) is 5.69 Å². The number of aromatic nitrogens is 3. The average Bonchev–Trinajstić information content (AvgIpc) is 3.04. The van der Waals surface area contributed by atoms with Gasteiger partial charge in [0.15, 0.2) is 0 Å². The van der Waals surface area contributed by atoms with Crippen LogP contribution in [0, 0.1) is 0 Å². The number of nitrogens with zero attached hydrogens (tertiary/aromatic N) is 4. The number of rotatable bonds is 14. The molecule has 9 nitrogen and oxygen atoms in total. The topological polar surface area (TPSA) is 102 Å². The first kappa shape index (κ1) is 32.1. The van der Waals surface area contributed by atoms with E-state index in [-0.39, 0.29) is 48.3 Å². The van der Waals surface area contributed by atoms with E-state index in [0.29, 0.717) is 17.4 Å². The first-order valence-electron chi connectivity index (χ1n) is 13.5. The minimum atomic E-state index is -0.247. The summed E-state index contributed by atoms with van der Waals surface area (Å²) in [6.07, 6.45) is 4.59. The Balaban J connectivity index is 1.68. The van der Waals surface area contributed by atoms with Crippen molar-refractivity contribution in [1.29, 1.82) is 0 Å². The summed E-state index contributed by atoms with van der Waals surface area (Å²) in [6, 6.07) is 16.1. The summed E-state index contributed by atoms with van der Waals surface area (Å²) in [6.45, 7) is 3.86. The molecule has 42 heavy (non-hydrogen) atoms. The van der Waals surface area contributed by atoms with E-state index < -0.39 is 0 Å². The van der Waals surface area contributed by atoms with Gasteiger partial charge in [-0.1, -0.05) is 0 Å². The largest absolute Gasteiger partial charge is 0.251 e. The molecule has 0 fully saturated rings. The number of anilines is 2. The second-order valence-electron chi connectivity index (χ2n) is 9.58. The van der Waals surface area contributed by atoms with Crippen molar-refractivity contribution in [3.05, 3.63) is 66.6 Å². The van der Waals surface area contributed by atoms with Crippen LogP contribution in [0.25, 0.3) is 22.3 Å². The van der Waals surface area contributed by atoms with Gasteiger partial charge in [-0.3, -0.25) is 9.78 Å². The Morgan fingerprint density at radius 1 is 0.952 bits per heavy atom. The fraction of sp³-hybridized carbons (Fsp3) is 0.355. The van der Waals surface area contributed by atoms with Crippen molar-refractivity contribution >= 4 is 28.3 Å². The van der Waals surface area contributed by atoms with Gasteiger partial charge < -0.3 is 5.32 Å². The average molecular weight is 796 g/mol. The van der Waals surface area contributed by atoms with Crippen molar-refractivity contribution in [3.63, 3.8) is 0 Å². The van der Waals surface area contributed by atoms with Crippen LogP contribution in [0.5, 0.6) is 11.5 Å². The molecule has 226 valence electrons. The third-order valence-corrected chi connectivity index (χ3v) is 16.9. The standard InChI is InChI=1S/C31H38I2N6O3/c1-20(13-30(32-2)33-3)35-11-12-39(23-15-24(41-5)18-25(16-23)42-6)22-7-8-26-27(17-22)38-29(19-37-26)21-9-10-36-28(14-21)31(40)34-4/h7-10,14-20,30,35H,11-13H2,1-6H3,(H,34,40)/q-2. The minimum absolute atomic E-state index is 0.247. The molecule has 1 unspecified atom stereocenters. The summed E-state index contributed by atoms with van der Waals surface area (Å²) in [7, 11) is 4.91. The maximum atomic E-state index is 12.1. The molecule has 0 bridgehead atoms. The third-order valence-electron chi connectivity index (χ3n) is 6.83. The number of ether oxygens (including phenoxy) is 2. The zero-order valence-electron chi connectivity index (χ0n) is 24.8. The maximum absolute atomic E-state index is 12.1. The van der Waals surface area contributed by atoms with Crippen molar-refractivity contribution in [3.8, 4) is 22.8 Å². The van der Waals surface area contributed by atoms with Crippen LogP contribution in [-0.4, -0.2) is 73.1 Å². The van der Waals surface area contributed by atoms with E-state index >= 15 is 0 Å². The first-order valence-corrected chi connectivity index (χ1v) is 20.3. The van der Waals surface area contributed by atoms with E-state index in [9.17, 15) is 4.79 Å². The molecule has 2 aromatic heterocycles. The van der Waals surface area contributed by atoms with Gasteiger partial charge in [0.2, 0.25) is 0 Å². The van der Waals surface area contributed by atoms with Gasteiger partial charge in [0.25, 0.3) is 5.91 Å². The molecule has 2 N–H and O–H groups in total. The number of benzene rings is 2.